The molecule has 88 valence electrons. The SMILES string of the molecule is COc1ccc(C(C)C(=O)NN)c(C)c1C. The van der Waals surface area contributed by atoms with Crippen molar-refractivity contribution < 1.29 is 9.53 Å². The topological polar surface area (TPSA) is 64.3 Å². The molecule has 0 saturated heterocycles. The van der Waals surface area contributed by atoms with E-state index in [9.17, 15) is 4.79 Å². The number of nitrogens with two attached hydrogens (primary N) is 1. The lowest BCUT2D eigenvalue weighted by molar-refractivity contribution is -0.122. The van der Waals surface area contributed by atoms with E-state index in [4.69, 9.17) is 10.6 Å². The largest absolute Gasteiger partial charge is 0.496 e. The lowest BCUT2D eigenvalue weighted by Crippen LogP contribution is -2.34. The van der Waals surface area contributed by atoms with Crippen LogP contribution in [0.1, 0.15) is 29.5 Å². The average molecular weight is 222 g/mol. The van der Waals surface area contributed by atoms with E-state index in [0.717, 1.165) is 22.4 Å². The molecule has 0 aromatic heterocycles. The maximum atomic E-state index is 11.5. The molecule has 4 nitrogen and oxygen atoms in total. The van der Waals surface area contributed by atoms with Crippen LogP contribution in [-0.2, 0) is 4.79 Å². The Labute approximate surface area is 95.8 Å². The summed E-state index contributed by atoms with van der Waals surface area (Å²) in [5, 5.41) is 0. The number of nitrogens with one attached hydrogen (secondary N) is 1. The first-order valence-corrected chi connectivity index (χ1v) is 5.17. The summed E-state index contributed by atoms with van der Waals surface area (Å²) in [6.45, 7) is 5.79. The highest BCUT2D eigenvalue weighted by molar-refractivity contribution is 5.83. The van der Waals surface area contributed by atoms with Crippen LogP contribution in [0.4, 0.5) is 0 Å². The molecule has 1 amide bonds. The molecular weight excluding hydrogens is 204 g/mol. The van der Waals surface area contributed by atoms with Crippen molar-refractivity contribution in [2.75, 3.05) is 7.11 Å². The highest BCUT2D eigenvalue weighted by atomic mass is 16.5. The number of methoxy groups -OCH3 is 1. The molecule has 1 unspecified atom stereocenters. The van der Waals surface area contributed by atoms with Crippen LogP contribution in [0.2, 0.25) is 0 Å². The molecule has 0 aliphatic rings. The summed E-state index contributed by atoms with van der Waals surface area (Å²) in [7, 11) is 1.64. The normalized spacial score (nSPS) is 12.1. The summed E-state index contributed by atoms with van der Waals surface area (Å²) < 4.78 is 5.22. The van der Waals surface area contributed by atoms with E-state index in [1.807, 2.05) is 32.9 Å². The number of carbonyl (C=O) groups is 1. The van der Waals surface area contributed by atoms with Gasteiger partial charge in [0.05, 0.1) is 13.0 Å². The molecule has 0 aliphatic carbocycles. The van der Waals surface area contributed by atoms with Gasteiger partial charge in [0.2, 0.25) is 5.91 Å². The molecule has 4 heteroatoms. The highest BCUT2D eigenvalue weighted by Crippen LogP contribution is 2.28. The summed E-state index contributed by atoms with van der Waals surface area (Å²) in [5.74, 6) is 5.52. The molecule has 1 rings (SSSR count). The van der Waals surface area contributed by atoms with E-state index in [2.05, 4.69) is 5.43 Å². The Morgan fingerprint density at radius 2 is 2.00 bits per heavy atom. The Morgan fingerprint density at radius 1 is 1.38 bits per heavy atom. The van der Waals surface area contributed by atoms with Gasteiger partial charge in [0.25, 0.3) is 0 Å². The van der Waals surface area contributed by atoms with Crippen LogP contribution in [0.25, 0.3) is 0 Å². The van der Waals surface area contributed by atoms with Crippen molar-refractivity contribution in [3.8, 4) is 5.75 Å². The number of rotatable bonds is 3. The number of hydrazine groups is 1. The summed E-state index contributed by atoms with van der Waals surface area (Å²) in [6.07, 6.45) is 0. The van der Waals surface area contributed by atoms with Gasteiger partial charge in [-0.1, -0.05) is 6.07 Å². The molecule has 1 atom stereocenters. The maximum Gasteiger partial charge on any atom is 0.241 e. The van der Waals surface area contributed by atoms with E-state index in [0.29, 0.717) is 0 Å². The van der Waals surface area contributed by atoms with Gasteiger partial charge in [-0.05, 0) is 43.5 Å². The van der Waals surface area contributed by atoms with Gasteiger partial charge in [0, 0.05) is 0 Å². The number of ether oxygens (including phenoxy) is 1. The molecule has 0 fully saturated rings. The number of carbonyl (C=O) groups excluding carboxylic acids is 1. The van der Waals surface area contributed by atoms with Gasteiger partial charge < -0.3 is 4.74 Å². The number of benzene rings is 1. The zero-order valence-corrected chi connectivity index (χ0v) is 10.1. The smallest absolute Gasteiger partial charge is 0.241 e. The lowest BCUT2D eigenvalue weighted by atomic mass is 9.92. The first kappa shape index (κ1) is 12.5. The van der Waals surface area contributed by atoms with Crippen molar-refractivity contribution in [1.29, 1.82) is 0 Å². The standard InChI is InChI=1S/C12H18N2O2/c1-7-8(2)11(16-4)6-5-10(7)9(3)12(15)14-13/h5-6,9H,13H2,1-4H3,(H,14,15). The summed E-state index contributed by atoms with van der Waals surface area (Å²) >= 11 is 0. The van der Waals surface area contributed by atoms with Gasteiger partial charge in [-0.3, -0.25) is 10.2 Å². The molecule has 0 saturated carbocycles. The van der Waals surface area contributed by atoms with Crippen LogP contribution in [0.3, 0.4) is 0 Å². The van der Waals surface area contributed by atoms with E-state index in [-0.39, 0.29) is 11.8 Å². The predicted molar refractivity (Wildman–Crippen MR) is 63.2 cm³/mol. The van der Waals surface area contributed by atoms with Crippen molar-refractivity contribution in [2.45, 2.75) is 26.7 Å². The molecule has 3 N–H and O–H groups in total. The van der Waals surface area contributed by atoms with E-state index >= 15 is 0 Å². The molecule has 0 spiro atoms. The third kappa shape index (κ3) is 2.17. The highest BCUT2D eigenvalue weighted by Gasteiger charge is 2.18. The zero-order valence-electron chi connectivity index (χ0n) is 10.1. The van der Waals surface area contributed by atoms with Crippen molar-refractivity contribution in [3.05, 3.63) is 28.8 Å². The van der Waals surface area contributed by atoms with Crippen LogP contribution in [-0.4, -0.2) is 13.0 Å². The van der Waals surface area contributed by atoms with Crippen LogP contribution < -0.4 is 16.0 Å². The van der Waals surface area contributed by atoms with Gasteiger partial charge in [0.1, 0.15) is 5.75 Å². The average Bonchev–Trinajstić information content (AvgIpc) is 2.30. The van der Waals surface area contributed by atoms with E-state index < -0.39 is 0 Å². The summed E-state index contributed by atoms with van der Waals surface area (Å²) in [5.41, 5.74) is 5.26. The number of hydrogen-bond donors (Lipinski definition) is 2. The van der Waals surface area contributed by atoms with Gasteiger partial charge >= 0.3 is 0 Å². The molecule has 0 radical (unpaired) electrons. The minimum absolute atomic E-state index is 0.187. The second-order valence-electron chi connectivity index (χ2n) is 3.84. The van der Waals surface area contributed by atoms with Crippen molar-refractivity contribution >= 4 is 5.91 Å². The van der Waals surface area contributed by atoms with Gasteiger partial charge in [-0.2, -0.15) is 0 Å². The van der Waals surface area contributed by atoms with Gasteiger partial charge in [-0.15, -0.1) is 0 Å². The van der Waals surface area contributed by atoms with Crippen LogP contribution in [0, 0.1) is 13.8 Å². The van der Waals surface area contributed by atoms with Crippen molar-refractivity contribution in [3.63, 3.8) is 0 Å². The predicted octanol–water partition coefficient (Wildman–Crippen LogP) is 1.41. The molecule has 16 heavy (non-hydrogen) atoms. The third-order valence-electron chi connectivity index (χ3n) is 3.00. The fourth-order valence-electron chi connectivity index (χ4n) is 1.77. The van der Waals surface area contributed by atoms with Crippen LogP contribution in [0.5, 0.6) is 5.75 Å². The zero-order chi connectivity index (χ0) is 12.3. The van der Waals surface area contributed by atoms with Gasteiger partial charge in [-0.25, -0.2) is 5.84 Å². The monoisotopic (exact) mass is 222 g/mol. The molecule has 0 bridgehead atoms. The fraction of sp³-hybridized carbons (Fsp3) is 0.417. The number of hydrogen-bond acceptors (Lipinski definition) is 3. The second kappa shape index (κ2) is 4.99. The Hall–Kier alpha value is -1.55. The molecule has 0 heterocycles. The fourth-order valence-corrected chi connectivity index (χ4v) is 1.77. The van der Waals surface area contributed by atoms with Crippen molar-refractivity contribution in [2.24, 2.45) is 5.84 Å². The quantitative estimate of drug-likeness (QED) is 0.461. The van der Waals surface area contributed by atoms with Gasteiger partial charge in [0.15, 0.2) is 0 Å². The van der Waals surface area contributed by atoms with Crippen LogP contribution >= 0.6 is 0 Å². The first-order chi connectivity index (χ1) is 7.52. The molecule has 0 aliphatic heterocycles. The Morgan fingerprint density at radius 3 is 2.50 bits per heavy atom. The van der Waals surface area contributed by atoms with Crippen LogP contribution in [0.15, 0.2) is 12.1 Å². The Kier molecular flexibility index (Phi) is 3.90. The Balaban J connectivity index is 3.17. The lowest BCUT2D eigenvalue weighted by Gasteiger charge is -2.16. The first-order valence-electron chi connectivity index (χ1n) is 5.17. The molecular formula is C12H18N2O2. The Bertz CT molecular complexity index is 402. The van der Waals surface area contributed by atoms with Crippen molar-refractivity contribution in [1.82, 2.24) is 5.43 Å². The maximum absolute atomic E-state index is 11.5. The third-order valence-corrected chi connectivity index (χ3v) is 3.00. The molecule has 1 aromatic carbocycles. The minimum atomic E-state index is -0.255. The minimum Gasteiger partial charge on any atom is -0.496 e. The molecule has 1 aromatic rings. The van der Waals surface area contributed by atoms with E-state index in [1.54, 1.807) is 7.11 Å². The summed E-state index contributed by atoms with van der Waals surface area (Å²) in [6, 6.07) is 3.78. The summed E-state index contributed by atoms with van der Waals surface area (Å²) in [4.78, 5) is 11.5. The second-order valence-corrected chi connectivity index (χ2v) is 3.84. The van der Waals surface area contributed by atoms with E-state index in [1.165, 1.54) is 0 Å². The number of amides is 1.